The lowest BCUT2D eigenvalue weighted by Gasteiger charge is -2.10. The number of hydrogen-bond donors (Lipinski definition) is 0. The number of rotatable bonds is 3. The van der Waals surface area contributed by atoms with Crippen LogP contribution < -0.4 is 0 Å². The van der Waals surface area contributed by atoms with Crippen LogP contribution in [0.15, 0.2) is 60.3 Å². The van der Waals surface area contributed by atoms with Gasteiger partial charge in [0.1, 0.15) is 6.10 Å². The van der Waals surface area contributed by atoms with Gasteiger partial charge < -0.3 is 4.74 Å². The van der Waals surface area contributed by atoms with E-state index in [0.717, 1.165) is 5.69 Å². The van der Waals surface area contributed by atoms with Crippen LogP contribution in [0.1, 0.15) is 18.5 Å². The molecule has 1 atom stereocenters. The summed E-state index contributed by atoms with van der Waals surface area (Å²) >= 11 is 0. The quantitative estimate of drug-likeness (QED) is 0.791. The predicted molar refractivity (Wildman–Crippen MR) is 76.6 cm³/mol. The standard InChI is InChI=1S/C15H15N3O2/c1-3-11(2)20-15(19)17-13-8-6-12(7-9-13)14-5-4-10-16-18-14/h3-12H,1H2,2H3. The van der Waals surface area contributed by atoms with Gasteiger partial charge in [0.2, 0.25) is 0 Å². The van der Waals surface area contributed by atoms with E-state index in [4.69, 9.17) is 4.74 Å². The molecular weight excluding hydrogens is 254 g/mol. The predicted octanol–water partition coefficient (Wildman–Crippen LogP) is 2.84. The summed E-state index contributed by atoms with van der Waals surface area (Å²) in [5.41, 5.74) is 1.40. The van der Waals surface area contributed by atoms with Crippen molar-refractivity contribution < 1.29 is 9.53 Å². The fourth-order valence-corrected chi connectivity index (χ4v) is 1.63. The van der Waals surface area contributed by atoms with Crippen LogP contribution in [0, 0.1) is 0 Å². The molecule has 1 amide bonds. The van der Waals surface area contributed by atoms with Gasteiger partial charge in [0.15, 0.2) is 0 Å². The van der Waals surface area contributed by atoms with Gasteiger partial charge in [-0.25, -0.2) is 4.79 Å². The monoisotopic (exact) mass is 269 g/mol. The maximum absolute atomic E-state index is 11.5. The molecule has 0 radical (unpaired) electrons. The topological polar surface area (TPSA) is 64.4 Å². The first-order valence-corrected chi connectivity index (χ1v) is 6.25. The third-order valence-electron chi connectivity index (χ3n) is 2.72. The largest absolute Gasteiger partial charge is 0.441 e. The minimum atomic E-state index is -0.625. The molecule has 1 aliphatic rings. The SMILES string of the molecule is C=CC(C)OC(=O)N=C1C=CC(c2cccnn2)C=C1. The van der Waals surface area contributed by atoms with Crippen LogP contribution in [-0.4, -0.2) is 28.1 Å². The number of carbonyl (C=O) groups excluding carboxylic acids is 1. The van der Waals surface area contributed by atoms with E-state index in [1.165, 1.54) is 6.08 Å². The summed E-state index contributed by atoms with van der Waals surface area (Å²) in [5, 5.41) is 7.88. The van der Waals surface area contributed by atoms with Crippen molar-refractivity contribution in [3.63, 3.8) is 0 Å². The van der Waals surface area contributed by atoms with E-state index in [1.54, 1.807) is 25.3 Å². The summed E-state index contributed by atoms with van der Waals surface area (Å²) in [7, 11) is 0. The summed E-state index contributed by atoms with van der Waals surface area (Å²) in [6.45, 7) is 5.26. The molecule has 1 heterocycles. The molecule has 1 unspecified atom stereocenters. The van der Waals surface area contributed by atoms with Gasteiger partial charge in [-0.2, -0.15) is 15.2 Å². The van der Waals surface area contributed by atoms with E-state index >= 15 is 0 Å². The highest BCUT2D eigenvalue weighted by Gasteiger charge is 2.11. The maximum Gasteiger partial charge on any atom is 0.434 e. The Bertz CT molecular complexity index is 560. The molecule has 1 aromatic heterocycles. The van der Waals surface area contributed by atoms with Crippen molar-refractivity contribution in [1.82, 2.24) is 10.2 Å². The summed E-state index contributed by atoms with van der Waals surface area (Å²) < 4.78 is 4.98. The van der Waals surface area contributed by atoms with Gasteiger partial charge in [0, 0.05) is 12.1 Å². The zero-order valence-corrected chi connectivity index (χ0v) is 11.1. The number of aliphatic imine (C=N–C) groups is 1. The zero-order valence-electron chi connectivity index (χ0n) is 11.1. The Morgan fingerprint density at radius 1 is 1.50 bits per heavy atom. The van der Waals surface area contributed by atoms with E-state index in [2.05, 4.69) is 21.8 Å². The normalized spacial score (nSPS) is 18.4. The second kappa shape index (κ2) is 6.56. The fourth-order valence-electron chi connectivity index (χ4n) is 1.63. The molecule has 0 fully saturated rings. The lowest BCUT2D eigenvalue weighted by molar-refractivity contribution is 0.138. The summed E-state index contributed by atoms with van der Waals surface area (Å²) in [6.07, 6.45) is 9.53. The second-order valence-corrected chi connectivity index (χ2v) is 4.25. The van der Waals surface area contributed by atoms with Crippen molar-refractivity contribution in [3.8, 4) is 0 Å². The number of aromatic nitrogens is 2. The van der Waals surface area contributed by atoms with Gasteiger partial charge in [0.05, 0.1) is 11.4 Å². The van der Waals surface area contributed by atoms with Gasteiger partial charge in [-0.3, -0.25) is 0 Å². The minimum Gasteiger partial charge on any atom is -0.441 e. The van der Waals surface area contributed by atoms with E-state index < -0.39 is 6.09 Å². The summed E-state index contributed by atoms with van der Waals surface area (Å²) in [4.78, 5) is 15.3. The average molecular weight is 269 g/mol. The molecule has 2 rings (SSSR count). The first kappa shape index (κ1) is 13.9. The summed E-state index contributed by atoms with van der Waals surface area (Å²) in [6, 6.07) is 3.73. The third-order valence-corrected chi connectivity index (χ3v) is 2.72. The van der Waals surface area contributed by atoms with E-state index in [-0.39, 0.29) is 12.0 Å². The van der Waals surface area contributed by atoms with Crippen molar-refractivity contribution in [2.24, 2.45) is 4.99 Å². The van der Waals surface area contributed by atoms with Crippen molar-refractivity contribution in [3.05, 3.63) is 61.0 Å². The van der Waals surface area contributed by atoms with Gasteiger partial charge in [-0.15, -0.1) is 0 Å². The van der Waals surface area contributed by atoms with Crippen LogP contribution in [0.4, 0.5) is 4.79 Å². The Morgan fingerprint density at radius 3 is 2.85 bits per heavy atom. The van der Waals surface area contributed by atoms with E-state index in [0.29, 0.717) is 5.71 Å². The highest BCUT2D eigenvalue weighted by atomic mass is 16.6. The third kappa shape index (κ3) is 3.71. The highest BCUT2D eigenvalue weighted by Crippen LogP contribution is 2.19. The highest BCUT2D eigenvalue weighted by molar-refractivity contribution is 6.09. The number of hydrogen-bond acceptors (Lipinski definition) is 4. The lowest BCUT2D eigenvalue weighted by Crippen LogP contribution is -2.11. The molecule has 0 saturated carbocycles. The Hall–Kier alpha value is -2.56. The number of allylic oxidation sites excluding steroid dienone is 4. The van der Waals surface area contributed by atoms with Crippen molar-refractivity contribution in [2.45, 2.75) is 18.9 Å². The molecule has 1 aromatic rings. The maximum atomic E-state index is 11.5. The van der Waals surface area contributed by atoms with Crippen LogP contribution >= 0.6 is 0 Å². The minimum absolute atomic E-state index is 0.0470. The fraction of sp³-hybridized carbons (Fsp3) is 0.200. The van der Waals surface area contributed by atoms with Crippen LogP contribution in [0.2, 0.25) is 0 Å². The molecule has 20 heavy (non-hydrogen) atoms. The Balaban J connectivity index is 2.01. The summed E-state index contributed by atoms with van der Waals surface area (Å²) in [5.74, 6) is 0.0470. The zero-order chi connectivity index (χ0) is 14.4. The number of amides is 1. The van der Waals surface area contributed by atoms with Crippen LogP contribution in [0.3, 0.4) is 0 Å². The molecule has 0 N–H and O–H groups in total. The van der Waals surface area contributed by atoms with Crippen LogP contribution in [-0.2, 0) is 4.74 Å². The molecule has 5 heteroatoms. The van der Waals surface area contributed by atoms with E-state index in [1.807, 2.05) is 24.3 Å². The van der Waals surface area contributed by atoms with E-state index in [9.17, 15) is 4.79 Å². The Labute approximate surface area is 117 Å². The Morgan fingerprint density at radius 2 is 2.25 bits per heavy atom. The molecule has 102 valence electrons. The first-order chi connectivity index (χ1) is 9.69. The molecule has 1 aliphatic carbocycles. The molecule has 0 aromatic carbocycles. The lowest BCUT2D eigenvalue weighted by atomic mass is 9.99. The van der Waals surface area contributed by atoms with Gasteiger partial charge in [-0.1, -0.05) is 24.8 Å². The average Bonchev–Trinajstić information content (AvgIpc) is 2.48. The smallest absolute Gasteiger partial charge is 0.434 e. The number of nitrogens with zero attached hydrogens (tertiary/aromatic N) is 3. The van der Waals surface area contributed by atoms with Crippen LogP contribution in [0.25, 0.3) is 0 Å². The second-order valence-electron chi connectivity index (χ2n) is 4.25. The molecule has 0 saturated heterocycles. The molecule has 0 aliphatic heterocycles. The first-order valence-electron chi connectivity index (χ1n) is 6.25. The number of ether oxygens (including phenoxy) is 1. The van der Waals surface area contributed by atoms with Crippen molar-refractivity contribution in [2.75, 3.05) is 0 Å². The van der Waals surface area contributed by atoms with Gasteiger partial charge in [0.25, 0.3) is 0 Å². The number of carbonyl (C=O) groups is 1. The molecule has 5 nitrogen and oxygen atoms in total. The van der Waals surface area contributed by atoms with Crippen LogP contribution in [0.5, 0.6) is 0 Å². The molecule has 0 spiro atoms. The Kier molecular flexibility index (Phi) is 4.55. The van der Waals surface area contributed by atoms with Gasteiger partial charge in [-0.05, 0) is 31.2 Å². The molecular formula is C15H15N3O2. The van der Waals surface area contributed by atoms with Crippen molar-refractivity contribution in [1.29, 1.82) is 0 Å². The molecule has 0 bridgehead atoms. The van der Waals surface area contributed by atoms with Gasteiger partial charge >= 0.3 is 6.09 Å². The van der Waals surface area contributed by atoms with Crippen molar-refractivity contribution >= 4 is 11.8 Å².